The number of benzene rings is 2. The number of carbonyl (C=O) groups excluding carboxylic acids is 1. The number of nitrogens with one attached hydrogen (secondary N) is 1. The Morgan fingerprint density at radius 2 is 2.05 bits per heavy atom. The second-order valence-electron chi connectivity index (χ2n) is 9.99. The molecule has 0 spiro atoms. The lowest BCUT2D eigenvalue weighted by molar-refractivity contribution is 0.100. The minimum atomic E-state index is -0.217. The maximum Gasteiger partial charge on any atom is 0.276 e. The standard InChI is InChI=1S/C30H30N6O/c1-20-14-23(11-12-31-20)29-26-16-24(9-10-27(26)33-34-29)30(37)32-17-21-6-5-13-36(18-21)19-25-15-22-7-3-4-8-28(22)35(25)2/h3-4,7-12,14-17,21H,5-6,13,18-19H2,1-2H3,(H,33,34). The Morgan fingerprint density at radius 3 is 2.92 bits per heavy atom. The molecule has 0 bridgehead atoms. The topological polar surface area (TPSA) is 79.2 Å². The largest absolute Gasteiger partial charge is 0.346 e. The van der Waals surface area contributed by atoms with Crippen LogP contribution in [0.1, 0.15) is 34.6 Å². The Bertz CT molecular complexity index is 1630. The van der Waals surface area contributed by atoms with E-state index in [0.29, 0.717) is 5.56 Å². The van der Waals surface area contributed by atoms with Crippen molar-refractivity contribution in [3.05, 3.63) is 83.8 Å². The number of pyridine rings is 1. The summed E-state index contributed by atoms with van der Waals surface area (Å²) in [5.41, 5.74) is 6.74. The van der Waals surface area contributed by atoms with Crippen LogP contribution in [0.4, 0.5) is 0 Å². The van der Waals surface area contributed by atoms with Gasteiger partial charge in [0.1, 0.15) is 5.69 Å². The van der Waals surface area contributed by atoms with Gasteiger partial charge in [-0.3, -0.25) is 19.8 Å². The number of aromatic nitrogens is 4. The molecule has 1 saturated heterocycles. The summed E-state index contributed by atoms with van der Waals surface area (Å²) < 4.78 is 2.28. The Morgan fingerprint density at radius 1 is 1.16 bits per heavy atom. The number of para-hydroxylation sites is 1. The lowest BCUT2D eigenvalue weighted by Gasteiger charge is -2.30. The Hall–Kier alpha value is -4.10. The second kappa shape index (κ2) is 9.75. The number of aliphatic imine (C=N–C) groups is 1. The first-order valence-electron chi connectivity index (χ1n) is 12.8. The molecule has 1 aliphatic rings. The minimum Gasteiger partial charge on any atom is -0.346 e. The Labute approximate surface area is 215 Å². The molecule has 37 heavy (non-hydrogen) atoms. The van der Waals surface area contributed by atoms with Crippen molar-refractivity contribution < 1.29 is 4.79 Å². The lowest BCUT2D eigenvalue weighted by atomic mass is 9.99. The van der Waals surface area contributed by atoms with Gasteiger partial charge in [0.2, 0.25) is 0 Å². The van der Waals surface area contributed by atoms with Crippen LogP contribution in [0.3, 0.4) is 0 Å². The van der Waals surface area contributed by atoms with Crippen molar-refractivity contribution in [2.75, 3.05) is 13.1 Å². The van der Waals surface area contributed by atoms with E-state index in [1.165, 1.54) is 16.6 Å². The third-order valence-corrected chi connectivity index (χ3v) is 7.36. The van der Waals surface area contributed by atoms with E-state index < -0.39 is 0 Å². The summed E-state index contributed by atoms with van der Waals surface area (Å²) in [5, 5.41) is 9.73. The first-order chi connectivity index (χ1) is 18.0. The van der Waals surface area contributed by atoms with Crippen LogP contribution in [0.2, 0.25) is 0 Å². The molecule has 3 aromatic heterocycles. The zero-order valence-electron chi connectivity index (χ0n) is 21.2. The molecule has 1 aliphatic heterocycles. The average molecular weight is 491 g/mol. The predicted molar refractivity (Wildman–Crippen MR) is 148 cm³/mol. The fourth-order valence-electron chi connectivity index (χ4n) is 5.39. The first-order valence-corrected chi connectivity index (χ1v) is 12.8. The summed E-state index contributed by atoms with van der Waals surface area (Å²) in [5.74, 6) is 0.0474. The van der Waals surface area contributed by atoms with E-state index in [-0.39, 0.29) is 11.8 Å². The fraction of sp³-hybridized carbons (Fsp3) is 0.267. The quantitative estimate of drug-likeness (QED) is 0.328. The number of piperidine rings is 1. The number of hydrogen-bond acceptors (Lipinski definition) is 4. The van der Waals surface area contributed by atoms with Crippen LogP contribution >= 0.6 is 0 Å². The van der Waals surface area contributed by atoms with Crippen LogP contribution in [-0.4, -0.2) is 49.9 Å². The molecule has 0 radical (unpaired) electrons. The monoisotopic (exact) mass is 490 g/mol. The highest BCUT2D eigenvalue weighted by Gasteiger charge is 2.20. The summed E-state index contributed by atoms with van der Waals surface area (Å²) in [6, 6.07) is 20.3. The molecule has 186 valence electrons. The molecular weight excluding hydrogens is 460 g/mol. The zero-order valence-corrected chi connectivity index (χ0v) is 21.2. The normalized spacial score (nSPS) is 16.8. The molecule has 7 nitrogen and oxygen atoms in total. The van der Waals surface area contributed by atoms with Crippen molar-refractivity contribution in [1.29, 1.82) is 0 Å². The minimum absolute atomic E-state index is 0.217. The molecule has 6 rings (SSSR count). The van der Waals surface area contributed by atoms with Gasteiger partial charge >= 0.3 is 0 Å². The summed E-state index contributed by atoms with van der Waals surface area (Å²) in [4.78, 5) is 24.1. The number of aryl methyl sites for hydroxylation is 2. The van der Waals surface area contributed by atoms with Gasteiger partial charge in [-0.2, -0.15) is 5.10 Å². The molecule has 1 unspecified atom stereocenters. The molecule has 1 N–H and O–H groups in total. The van der Waals surface area contributed by atoms with Crippen molar-refractivity contribution in [1.82, 2.24) is 24.6 Å². The number of nitrogens with zero attached hydrogens (tertiary/aromatic N) is 5. The van der Waals surface area contributed by atoms with Crippen LogP contribution in [0.15, 0.2) is 71.9 Å². The number of rotatable bonds is 5. The lowest BCUT2D eigenvalue weighted by Crippen LogP contribution is -2.36. The van der Waals surface area contributed by atoms with E-state index in [4.69, 9.17) is 0 Å². The van der Waals surface area contributed by atoms with Crippen LogP contribution in [0.5, 0.6) is 0 Å². The number of aromatic amines is 1. The van der Waals surface area contributed by atoms with Gasteiger partial charge in [0.15, 0.2) is 0 Å². The maximum absolute atomic E-state index is 13.0. The van der Waals surface area contributed by atoms with Crippen molar-refractivity contribution in [2.24, 2.45) is 18.0 Å². The maximum atomic E-state index is 13.0. The number of amides is 1. The molecule has 4 heterocycles. The van der Waals surface area contributed by atoms with Crippen molar-refractivity contribution >= 4 is 33.9 Å². The first kappa shape index (κ1) is 23.3. The van der Waals surface area contributed by atoms with E-state index in [9.17, 15) is 4.79 Å². The van der Waals surface area contributed by atoms with Gasteiger partial charge in [0, 0.05) is 71.9 Å². The molecule has 1 fully saturated rings. The van der Waals surface area contributed by atoms with E-state index in [0.717, 1.165) is 60.3 Å². The third kappa shape index (κ3) is 4.70. The Balaban J connectivity index is 1.16. The highest BCUT2D eigenvalue weighted by atomic mass is 16.1. The van der Waals surface area contributed by atoms with E-state index in [1.807, 2.05) is 43.5 Å². The van der Waals surface area contributed by atoms with Gasteiger partial charge in [-0.25, -0.2) is 4.99 Å². The molecular formula is C30H30N6O. The smallest absolute Gasteiger partial charge is 0.276 e. The van der Waals surface area contributed by atoms with Crippen molar-refractivity contribution in [3.63, 3.8) is 0 Å². The SMILES string of the molecule is Cc1cc(-c2n[nH]c3ccc(C(=O)N=CC4CCCN(Cc5cc6ccccc6n5C)C4)cc23)ccn1. The molecule has 0 aliphatic carbocycles. The summed E-state index contributed by atoms with van der Waals surface area (Å²) >= 11 is 0. The van der Waals surface area contributed by atoms with Crippen LogP contribution < -0.4 is 0 Å². The van der Waals surface area contributed by atoms with E-state index >= 15 is 0 Å². The highest BCUT2D eigenvalue weighted by molar-refractivity contribution is 6.04. The van der Waals surface area contributed by atoms with Gasteiger partial charge in [-0.1, -0.05) is 18.2 Å². The van der Waals surface area contributed by atoms with E-state index in [2.05, 4.69) is 67.0 Å². The van der Waals surface area contributed by atoms with Crippen LogP contribution in [-0.2, 0) is 13.6 Å². The number of likely N-dealkylation sites (tertiary alicyclic amines) is 1. The molecule has 2 aromatic carbocycles. The number of H-pyrrole nitrogens is 1. The molecule has 0 saturated carbocycles. The van der Waals surface area contributed by atoms with Gasteiger partial charge < -0.3 is 4.57 Å². The number of fused-ring (bicyclic) bond motifs is 2. The van der Waals surface area contributed by atoms with Crippen molar-refractivity contribution in [2.45, 2.75) is 26.3 Å². The van der Waals surface area contributed by atoms with E-state index in [1.54, 1.807) is 6.20 Å². The zero-order chi connectivity index (χ0) is 25.4. The number of hydrogen-bond donors (Lipinski definition) is 1. The fourth-order valence-corrected chi connectivity index (χ4v) is 5.39. The highest BCUT2D eigenvalue weighted by Crippen LogP contribution is 2.28. The van der Waals surface area contributed by atoms with Gasteiger partial charge in [0.25, 0.3) is 5.91 Å². The average Bonchev–Trinajstić information content (AvgIpc) is 3.48. The molecule has 5 aromatic rings. The third-order valence-electron chi connectivity index (χ3n) is 7.36. The second-order valence-corrected chi connectivity index (χ2v) is 9.99. The molecule has 7 heteroatoms. The van der Waals surface area contributed by atoms with Gasteiger partial charge in [-0.05, 0) is 74.2 Å². The van der Waals surface area contributed by atoms with Crippen molar-refractivity contribution in [3.8, 4) is 11.3 Å². The molecule has 1 amide bonds. The van der Waals surface area contributed by atoms with Gasteiger partial charge in [-0.15, -0.1) is 0 Å². The van der Waals surface area contributed by atoms with Crippen LogP contribution in [0.25, 0.3) is 33.1 Å². The molecule has 1 atom stereocenters. The summed E-state index contributed by atoms with van der Waals surface area (Å²) in [6.45, 7) is 4.83. The van der Waals surface area contributed by atoms with Gasteiger partial charge in [0.05, 0.1) is 5.52 Å². The summed E-state index contributed by atoms with van der Waals surface area (Å²) in [7, 11) is 2.14. The van der Waals surface area contributed by atoms with Crippen LogP contribution in [0, 0.1) is 12.8 Å². The number of carbonyl (C=O) groups is 1. The predicted octanol–water partition coefficient (Wildman–Crippen LogP) is 5.55. The Kier molecular flexibility index (Phi) is 6.14. The summed E-state index contributed by atoms with van der Waals surface area (Å²) in [6.07, 6.45) is 5.79.